The minimum Gasteiger partial charge on any atom is -0.302 e. The van der Waals surface area contributed by atoms with Crippen LogP contribution in [0.15, 0.2) is 29.1 Å². The quantitative estimate of drug-likeness (QED) is 0.940. The fourth-order valence-corrected chi connectivity index (χ4v) is 2.80. The van der Waals surface area contributed by atoms with Crippen molar-refractivity contribution in [2.45, 2.75) is 27.2 Å². The first-order valence-electron chi connectivity index (χ1n) is 6.73. The molecule has 2 aromatic rings. The van der Waals surface area contributed by atoms with Crippen LogP contribution in [0.25, 0.3) is 10.1 Å². The lowest BCUT2D eigenvalue weighted by Gasteiger charge is -2.17. The molecule has 0 bridgehead atoms. The van der Waals surface area contributed by atoms with Crippen molar-refractivity contribution in [2.75, 3.05) is 5.32 Å². The predicted octanol–water partition coefficient (Wildman–Crippen LogP) is 3.28. The zero-order chi connectivity index (χ0) is 14.7. The Bertz CT molecular complexity index is 681. The number of carbonyl (C=O) groups excluding carboxylic acids is 1. The van der Waals surface area contributed by atoms with E-state index in [1.807, 2.05) is 26.0 Å². The number of rotatable bonds is 4. The van der Waals surface area contributed by atoms with E-state index in [1.165, 1.54) is 11.3 Å². The number of hydrogen-bond acceptors (Lipinski definition) is 4. The van der Waals surface area contributed by atoms with Gasteiger partial charge in [0.05, 0.1) is 5.39 Å². The van der Waals surface area contributed by atoms with Crippen molar-refractivity contribution in [3.05, 3.63) is 34.6 Å². The van der Waals surface area contributed by atoms with Gasteiger partial charge in [0.15, 0.2) is 5.13 Å². The van der Waals surface area contributed by atoms with E-state index in [2.05, 4.69) is 17.2 Å². The molecule has 0 radical (unpaired) electrons. The number of aromatic nitrogens is 1. The second-order valence-corrected chi connectivity index (χ2v) is 6.01. The van der Waals surface area contributed by atoms with E-state index in [-0.39, 0.29) is 17.4 Å². The molecule has 1 aromatic carbocycles. The molecule has 20 heavy (non-hydrogen) atoms. The minimum atomic E-state index is -0.300. The first-order chi connectivity index (χ1) is 9.52. The molecule has 0 spiro atoms. The summed E-state index contributed by atoms with van der Waals surface area (Å²) in [5, 5.41) is 3.72. The third-order valence-corrected chi connectivity index (χ3v) is 4.63. The standard InChI is InChI=1S/C15H18N2O2S/c1-4-9(2)10(3)13(18)16-15-17-14(19)11-7-5-6-8-12(11)20-15/h5-10H,4H2,1-3H3,(H,16,17,18,19)/t9-,10-/m0/s1. The third-order valence-electron chi connectivity index (χ3n) is 3.67. The van der Waals surface area contributed by atoms with Crippen molar-refractivity contribution in [3.8, 4) is 0 Å². The molecule has 0 unspecified atom stereocenters. The Morgan fingerprint density at radius 2 is 2.05 bits per heavy atom. The summed E-state index contributed by atoms with van der Waals surface area (Å²) in [6, 6.07) is 7.28. The Morgan fingerprint density at radius 1 is 1.35 bits per heavy atom. The third kappa shape index (κ3) is 3.04. The molecule has 1 N–H and O–H groups in total. The topological polar surface area (TPSA) is 59.1 Å². The summed E-state index contributed by atoms with van der Waals surface area (Å²) in [6.07, 6.45) is 0.940. The average molecular weight is 290 g/mol. The van der Waals surface area contributed by atoms with Crippen LogP contribution in [0, 0.1) is 11.8 Å². The maximum atomic E-state index is 12.1. The van der Waals surface area contributed by atoms with Gasteiger partial charge in [-0.25, -0.2) is 0 Å². The minimum absolute atomic E-state index is 0.0854. The average Bonchev–Trinajstić information content (AvgIpc) is 2.45. The molecule has 0 fully saturated rings. The number of nitrogens with zero attached hydrogens (tertiary/aromatic N) is 1. The van der Waals surface area contributed by atoms with Gasteiger partial charge in [-0.2, -0.15) is 4.98 Å². The van der Waals surface area contributed by atoms with Gasteiger partial charge in [0, 0.05) is 10.6 Å². The van der Waals surface area contributed by atoms with Gasteiger partial charge in [0.1, 0.15) is 0 Å². The molecule has 5 heteroatoms. The lowest BCUT2D eigenvalue weighted by atomic mass is 9.93. The van der Waals surface area contributed by atoms with Crippen LogP contribution in [-0.4, -0.2) is 10.9 Å². The van der Waals surface area contributed by atoms with Crippen LogP contribution in [-0.2, 0) is 4.79 Å². The molecule has 1 aromatic heterocycles. The van der Waals surface area contributed by atoms with Crippen molar-refractivity contribution in [1.29, 1.82) is 0 Å². The van der Waals surface area contributed by atoms with Gasteiger partial charge in [-0.3, -0.25) is 9.59 Å². The molecule has 0 aliphatic heterocycles. The van der Waals surface area contributed by atoms with Crippen molar-refractivity contribution < 1.29 is 4.79 Å². The highest BCUT2D eigenvalue weighted by molar-refractivity contribution is 7.21. The summed E-state index contributed by atoms with van der Waals surface area (Å²) in [5.41, 5.74) is -0.300. The molecule has 0 aliphatic carbocycles. The maximum absolute atomic E-state index is 12.1. The molecule has 1 heterocycles. The van der Waals surface area contributed by atoms with Crippen molar-refractivity contribution >= 4 is 32.5 Å². The van der Waals surface area contributed by atoms with Crippen molar-refractivity contribution in [1.82, 2.24) is 4.98 Å². The molecule has 2 atom stereocenters. The van der Waals surface area contributed by atoms with Crippen LogP contribution in [0.5, 0.6) is 0 Å². The Morgan fingerprint density at radius 3 is 2.75 bits per heavy atom. The lowest BCUT2D eigenvalue weighted by molar-refractivity contribution is -0.120. The van der Waals surface area contributed by atoms with E-state index in [0.717, 1.165) is 11.1 Å². The molecular weight excluding hydrogens is 272 g/mol. The molecule has 2 rings (SSSR count). The monoisotopic (exact) mass is 290 g/mol. The molecule has 0 saturated carbocycles. The highest BCUT2D eigenvalue weighted by Gasteiger charge is 2.19. The van der Waals surface area contributed by atoms with E-state index in [0.29, 0.717) is 16.4 Å². The van der Waals surface area contributed by atoms with Gasteiger partial charge >= 0.3 is 0 Å². The van der Waals surface area contributed by atoms with E-state index in [9.17, 15) is 9.59 Å². The number of benzene rings is 1. The van der Waals surface area contributed by atoms with Crippen LogP contribution in [0.2, 0.25) is 0 Å². The summed E-state index contributed by atoms with van der Waals surface area (Å²) in [6.45, 7) is 5.99. The highest BCUT2D eigenvalue weighted by Crippen LogP contribution is 2.22. The van der Waals surface area contributed by atoms with Crippen molar-refractivity contribution in [3.63, 3.8) is 0 Å². The number of fused-ring (bicyclic) bond motifs is 1. The number of amides is 1. The van der Waals surface area contributed by atoms with Gasteiger partial charge < -0.3 is 5.32 Å². The first kappa shape index (κ1) is 14.7. The van der Waals surface area contributed by atoms with Gasteiger partial charge in [-0.1, -0.05) is 50.7 Å². The zero-order valence-corrected chi connectivity index (χ0v) is 12.7. The summed E-state index contributed by atoms with van der Waals surface area (Å²) < 4.78 is 0.832. The van der Waals surface area contributed by atoms with E-state index < -0.39 is 0 Å². The number of hydrogen-bond donors (Lipinski definition) is 1. The zero-order valence-electron chi connectivity index (χ0n) is 11.8. The van der Waals surface area contributed by atoms with Crippen LogP contribution < -0.4 is 10.9 Å². The Balaban J connectivity index is 2.26. The Labute approximate surface area is 121 Å². The predicted molar refractivity (Wildman–Crippen MR) is 83.1 cm³/mol. The lowest BCUT2D eigenvalue weighted by Crippen LogP contribution is -2.26. The smallest absolute Gasteiger partial charge is 0.281 e. The summed E-state index contributed by atoms with van der Waals surface area (Å²) >= 11 is 1.32. The second kappa shape index (κ2) is 6.13. The van der Waals surface area contributed by atoms with Crippen molar-refractivity contribution in [2.24, 2.45) is 11.8 Å². The van der Waals surface area contributed by atoms with Crippen LogP contribution >= 0.6 is 11.3 Å². The molecule has 0 aliphatic rings. The first-order valence-corrected chi connectivity index (χ1v) is 7.55. The van der Waals surface area contributed by atoms with Crippen LogP contribution in [0.4, 0.5) is 5.13 Å². The Hall–Kier alpha value is -1.75. The fraction of sp³-hybridized carbons (Fsp3) is 0.400. The number of carbonyl (C=O) groups is 1. The fourth-order valence-electron chi connectivity index (χ4n) is 1.90. The number of anilines is 1. The summed E-state index contributed by atoms with van der Waals surface area (Å²) in [5.74, 6) is 0.112. The molecule has 106 valence electrons. The van der Waals surface area contributed by atoms with Gasteiger partial charge in [-0.15, -0.1) is 0 Å². The molecular formula is C15H18N2O2S. The van der Waals surface area contributed by atoms with E-state index in [1.54, 1.807) is 12.1 Å². The van der Waals surface area contributed by atoms with Gasteiger partial charge in [0.25, 0.3) is 5.56 Å². The van der Waals surface area contributed by atoms with E-state index >= 15 is 0 Å². The normalized spacial score (nSPS) is 13.9. The van der Waals surface area contributed by atoms with Gasteiger partial charge in [-0.05, 0) is 18.1 Å². The maximum Gasteiger partial charge on any atom is 0.281 e. The molecule has 4 nitrogen and oxygen atoms in total. The van der Waals surface area contributed by atoms with Crippen LogP contribution in [0.3, 0.4) is 0 Å². The van der Waals surface area contributed by atoms with Crippen LogP contribution in [0.1, 0.15) is 27.2 Å². The largest absolute Gasteiger partial charge is 0.302 e. The van der Waals surface area contributed by atoms with E-state index in [4.69, 9.17) is 0 Å². The summed E-state index contributed by atoms with van der Waals surface area (Å²) in [7, 11) is 0. The number of nitrogens with one attached hydrogen (secondary N) is 1. The SMILES string of the molecule is CC[C@H](C)[C@H](C)C(=O)Nc1nc(=O)c2ccccc2s1. The highest BCUT2D eigenvalue weighted by atomic mass is 32.1. The summed E-state index contributed by atoms with van der Waals surface area (Å²) in [4.78, 5) is 27.9. The second-order valence-electron chi connectivity index (χ2n) is 4.98. The molecule has 1 amide bonds. The van der Waals surface area contributed by atoms with Gasteiger partial charge in [0.2, 0.25) is 5.91 Å². The Kier molecular flexibility index (Phi) is 4.49. The molecule has 0 saturated heterocycles.